The normalized spacial score (nSPS) is 10.3. The Kier molecular flexibility index (Phi) is 4.83. The lowest BCUT2D eigenvalue weighted by Gasteiger charge is -2.08. The van der Waals surface area contributed by atoms with E-state index in [1.807, 2.05) is 6.92 Å². The Labute approximate surface area is 121 Å². The van der Waals surface area contributed by atoms with Gasteiger partial charge in [0.2, 0.25) is 5.95 Å². The van der Waals surface area contributed by atoms with Crippen molar-refractivity contribution in [2.24, 2.45) is 5.84 Å². The molecule has 2 aromatic rings. The maximum absolute atomic E-state index is 13.2. The molecule has 1 aromatic carbocycles. The molecule has 3 N–H and O–H groups in total. The van der Waals surface area contributed by atoms with Crippen molar-refractivity contribution < 1.29 is 13.9 Å². The minimum atomic E-state index is -0.311. The number of halogens is 1. The number of nitrogens with one attached hydrogen (secondary N) is 1. The smallest absolute Gasteiger partial charge is 0.330 e. The Morgan fingerprint density at radius 2 is 2.00 bits per heavy atom. The molecule has 112 valence electrons. The van der Waals surface area contributed by atoms with Gasteiger partial charge in [0.1, 0.15) is 11.6 Å². The first-order valence-corrected chi connectivity index (χ1v) is 6.42. The van der Waals surface area contributed by atoms with Gasteiger partial charge in [-0.25, -0.2) is 10.2 Å². The van der Waals surface area contributed by atoms with Crippen LogP contribution in [0.4, 0.5) is 10.3 Å². The fourth-order valence-corrected chi connectivity index (χ4v) is 1.49. The van der Waals surface area contributed by atoms with Crippen LogP contribution < -0.4 is 20.7 Å². The zero-order valence-corrected chi connectivity index (χ0v) is 11.8. The average molecular weight is 293 g/mol. The van der Waals surface area contributed by atoms with Gasteiger partial charge in [-0.2, -0.15) is 9.97 Å². The van der Waals surface area contributed by atoms with Gasteiger partial charge in [-0.15, -0.1) is 4.98 Å². The fourth-order valence-electron chi connectivity index (χ4n) is 1.49. The first-order chi connectivity index (χ1) is 10.1. The number of anilines is 1. The molecular weight excluding hydrogens is 277 g/mol. The van der Waals surface area contributed by atoms with Crippen LogP contribution in [0.2, 0.25) is 0 Å². The van der Waals surface area contributed by atoms with Crippen LogP contribution in [0.1, 0.15) is 18.9 Å². The number of nitrogens with two attached hydrogens (primary N) is 1. The molecule has 0 saturated heterocycles. The van der Waals surface area contributed by atoms with Gasteiger partial charge in [0.25, 0.3) is 0 Å². The molecule has 7 nitrogen and oxygen atoms in total. The van der Waals surface area contributed by atoms with E-state index in [1.165, 1.54) is 12.1 Å². The Morgan fingerprint density at radius 1 is 1.24 bits per heavy atom. The zero-order chi connectivity index (χ0) is 15.2. The molecule has 0 unspecified atom stereocenters. The minimum absolute atomic E-state index is 0.00932. The number of benzene rings is 1. The van der Waals surface area contributed by atoms with E-state index in [-0.39, 0.29) is 23.8 Å². The number of nitrogens with zero attached hydrogens (tertiary/aromatic N) is 3. The van der Waals surface area contributed by atoms with Gasteiger partial charge in [-0.1, -0.05) is 6.92 Å². The highest BCUT2D eigenvalue weighted by Crippen LogP contribution is 2.22. The summed E-state index contributed by atoms with van der Waals surface area (Å²) in [4.78, 5) is 11.9. The molecule has 2 rings (SSSR count). The maximum atomic E-state index is 13.2. The molecule has 1 aromatic heterocycles. The molecule has 0 spiro atoms. The van der Waals surface area contributed by atoms with E-state index >= 15 is 0 Å². The van der Waals surface area contributed by atoms with Gasteiger partial charge in [0, 0.05) is 0 Å². The third kappa shape index (κ3) is 3.99. The number of rotatable bonds is 6. The predicted octanol–water partition coefficient (Wildman–Crippen LogP) is 2.19. The van der Waals surface area contributed by atoms with Crippen molar-refractivity contribution in [1.82, 2.24) is 15.0 Å². The molecule has 1 heterocycles. The van der Waals surface area contributed by atoms with Crippen molar-refractivity contribution in [3.8, 4) is 17.8 Å². The van der Waals surface area contributed by atoms with Crippen molar-refractivity contribution >= 4 is 5.95 Å². The van der Waals surface area contributed by atoms with Crippen LogP contribution in [0.25, 0.3) is 0 Å². The number of hydrazine groups is 1. The lowest BCUT2D eigenvalue weighted by Crippen LogP contribution is -2.13. The van der Waals surface area contributed by atoms with Crippen LogP contribution in [0.15, 0.2) is 18.2 Å². The summed E-state index contributed by atoms with van der Waals surface area (Å²) in [6.07, 6.45) is 0.810. The molecule has 0 atom stereocenters. The van der Waals surface area contributed by atoms with E-state index in [0.29, 0.717) is 17.9 Å². The number of aromatic nitrogens is 3. The van der Waals surface area contributed by atoms with Crippen LogP contribution in [-0.2, 0) is 0 Å². The second kappa shape index (κ2) is 6.80. The van der Waals surface area contributed by atoms with E-state index in [9.17, 15) is 4.39 Å². The SMILES string of the molecule is CCCOc1nc(NN)nc(Oc2ccc(F)c(C)c2)n1. The minimum Gasteiger partial charge on any atom is -0.463 e. The highest BCUT2D eigenvalue weighted by molar-refractivity contribution is 5.32. The van der Waals surface area contributed by atoms with Gasteiger partial charge in [-0.05, 0) is 37.1 Å². The second-order valence-corrected chi connectivity index (χ2v) is 4.23. The molecule has 0 fully saturated rings. The van der Waals surface area contributed by atoms with Gasteiger partial charge < -0.3 is 9.47 Å². The fraction of sp³-hybridized carbons (Fsp3) is 0.308. The van der Waals surface area contributed by atoms with E-state index in [0.717, 1.165) is 6.42 Å². The summed E-state index contributed by atoms with van der Waals surface area (Å²) in [5.74, 6) is 5.50. The number of ether oxygens (including phenoxy) is 2. The van der Waals surface area contributed by atoms with E-state index < -0.39 is 0 Å². The standard InChI is InChI=1S/C13H16FN5O2/c1-3-6-20-12-16-11(19-15)17-13(18-12)21-9-4-5-10(14)8(2)7-9/h4-5,7H,3,6,15H2,1-2H3,(H,16,17,18,19). The highest BCUT2D eigenvalue weighted by atomic mass is 19.1. The third-order valence-corrected chi connectivity index (χ3v) is 2.50. The summed E-state index contributed by atoms with van der Waals surface area (Å²) in [7, 11) is 0. The van der Waals surface area contributed by atoms with Gasteiger partial charge in [0.05, 0.1) is 6.61 Å². The second-order valence-electron chi connectivity index (χ2n) is 4.23. The van der Waals surface area contributed by atoms with Crippen LogP contribution in [0.5, 0.6) is 17.8 Å². The molecule has 8 heteroatoms. The van der Waals surface area contributed by atoms with Crippen molar-refractivity contribution in [2.75, 3.05) is 12.0 Å². The average Bonchev–Trinajstić information content (AvgIpc) is 2.48. The molecule has 0 bridgehead atoms. The summed E-state index contributed by atoms with van der Waals surface area (Å²) in [5.41, 5.74) is 2.77. The predicted molar refractivity (Wildman–Crippen MR) is 74.6 cm³/mol. The van der Waals surface area contributed by atoms with Crippen LogP contribution in [0.3, 0.4) is 0 Å². The highest BCUT2D eigenvalue weighted by Gasteiger charge is 2.10. The first kappa shape index (κ1) is 14.9. The number of aryl methyl sites for hydroxylation is 1. The quantitative estimate of drug-likeness (QED) is 0.622. The van der Waals surface area contributed by atoms with Crippen LogP contribution in [-0.4, -0.2) is 21.6 Å². The summed E-state index contributed by atoms with van der Waals surface area (Å²) in [5, 5.41) is 0. The Bertz CT molecular complexity index is 624. The summed E-state index contributed by atoms with van der Waals surface area (Å²) in [6.45, 7) is 4.06. The largest absolute Gasteiger partial charge is 0.463 e. The van der Waals surface area contributed by atoms with Gasteiger partial charge >= 0.3 is 12.0 Å². The van der Waals surface area contributed by atoms with Crippen molar-refractivity contribution in [3.05, 3.63) is 29.6 Å². The summed E-state index contributed by atoms with van der Waals surface area (Å²) >= 11 is 0. The Balaban J connectivity index is 2.23. The molecule has 0 radical (unpaired) electrons. The summed E-state index contributed by atoms with van der Waals surface area (Å²) in [6, 6.07) is 4.45. The molecule has 0 saturated carbocycles. The first-order valence-electron chi connectivity index (χ1n) is 6.42. The number of hydrogen-bond acceptors (Lipinski definition) is 7. The monoisotopic (exact) mass is 293 g/mol. The molecule has 0 aliphatic heterocycles. The maximum Gasteiger partial charge on any atom is 0.330 e. The van der Waals surface area contributed by atoms with Crippen molar-refractivity contribution in [2.45, 2.75) is 20.3 Å². The molecule has 21 heavy (non-hydrogen) atoms. The molecule has 0 amide bonds. The van der Waals surface area contributed by atoms with Gasteiger partial charge in [0.15, 0.2) is 0 Å². The molecule has 0 aliphatic carbocycles. The zero-order valence-electron chi connectivity index (χ0n) is 11.8. The lowest BCUT2D eigenvalue weighted by atomic mass is 10.2. The van der Waals surface area contributed by atoms with Crippen LogP contribution in [0, 0.1) is 12.7 Å². The molecular formula is C13H16FN5O2. The number of hydrogen-bond donors (Lipinski definition) is 2. The number of nitrogen functional groups attached to an aromatic ring is 1. The van der Waals surface area contributed by atoms with E-state index in [2.05, 4.69) is 20.4 Å². The van der Waals surface area contributed by atoms with E-state index in [4.69, 9.17) is 15.3 Å². The van der Waals surface area contributed by atoms with Crippen molar-refractivity contribution in [3.63, 3.8) is 0 Å². The van der Waals surface area contributed by atoms with Crippen LogP contribution >= 0.6 is 0 Å². The topological polar surface area (TPSA) is 95.2 Å². The third-order valence-electron chi connectivity index (χ3n) is 2.50. The Morgan fingerprint density at radius 3 is 2.67 bits per heavy atom. The molecule has 0 aliphatic rings. The lowest BCUT2D eigenvalue weighted by molar-refractivity contribution is 0.285. The summed E-state index contributed by atoms with van der Waals surface area (Å²) < 4.78 is 24.0. The van der Waals surface area contributed by atoms with Gasteiger partial charge in [-0.3, -0.25) is 5.43 Å². The van der Waals surface area contributed by atoms with E-state index in [1.54, 1.807) is 13.0 Å². The Hall–Kier alpha value is -2.48. The van der Waals surface area contributed by atoms with Crippen molar-refractivity contribution in [1.29, 1.82) is 0 Å².